The van der Waals surface area contributed by atoms with Crippen LogP contribution in [0.1, 0.15) is 11.3 Å². The van der Waals surface area contributed by atoms with Crippen molar-refractivity contribution in [1.82, 2.24) is 9.97 Å². The number of hydrogen-bond acceptors (Lipinski definition) is 3. The average molecular weight is 216 g/mol. The molecule has 0 saturated carbocycles. The van der Waals surface area contributed by atoms with E-state index in [2.05, 4.69) is 9.97 Å². The zero-order valence-corrected chi connectivity index (χ0v) is 8.72. The van der Waals surface area contributed by atoms with E-state index in [4.69, 9.17) is 4.74 Å². The van der Waals surface area contributed by atoms with E-state index in [0.29, 0.717) is 18.9 Å². The van der Waals surface area contributed by atoms with Gasteiger partial charge in [0.15, 0.2) is 0 Å². The fourth-order valence-electron chi connectivity index (χ4n) is 1.34. The monoisotopic (exact) mass is 216 g/mol. The maximum Gasteiger partial charge on any atom is 0.250 e. The van der Waals surface area contributed by atoms with Gasteiger partial charge in [-0.05, 0) is 5.56 Å². The lowest BCUT2D eigenvalue weighted by molar-refractivity contribution is 0.104. The van der Waals surface area contributed by atoms with Crippen LogP contribution in [0, 0.1) is 0 Å². The molecule has 1 heterocycles. The molecule has 0 fully saturated rings. The summed E-state index contributed by atoms with van der Waals surface area (Å²) in [5, 5.41) is 0. The van der Waals surface area contributed by atoms with Crippen molar-refractivity contribution in [2.45, 2.75) is 13.2 Å². The van der Waals surface area contributed by atoms with Gasteiger partial charge >= 0.3 is 0 Å². The Morgan fingerprint density at radius 3 is 2.75 bits per heavy atom. The molecule has 0 radical (unpaired) electrons. The summed E-state index contributed by atoms with van der Waals surface area (Å²) in [6.45, 7) is 0.869. The van der Waals surface area contributed by atoms with Crippen molar-refractivity contribution >= 4 is 0 Å². The fourth-order valence-corrected chi connectivity index (χ4v) is 1.34. The molecule has 0 amide bonds. The molecular formula is C12H12N2O2. The van der Waals surface area contributed by atoms with E-state index in [9.17, 15) is 4.79 Å². The summed E-state index contributed by atoms with van der Waals surface area (Å²) < 4.78 is 5.45. The number of nitrogens with zero attached hydrogens (tertiary/aromatic N) is 1. The van der Waals surface area contributed by atoms with Crippen molar-refractivity contribution in [1.29, 1.82) is 0 Å². The van der Waals surface area contributed by atoms with Gasteiger partial charge < -0.3 is 9.72 Å². The van der Waals surface area contributed by atoms with Gasteiger partial charge in [0.2, 0.25) is 0 Å². The van der Waals surface area contributed by atoms with Crippen molar-refractivity contribution in [3.05, 3.63) is 64.3 Å². The number of ether oxygens (including phenoxy) is 1. The first kappa shape index (κ1) is 10.6. The summed E-state index contributed by atoms with van der Waals surface area (Å²) in [7, 11) is 0. The molecule has 0 unspecified atom stereocenters. The summed E-state index contributed by atoms with van der Waals surface area (Å²) in [6, 6.07) is 11.3. The second-order valence-corrected chi connectivity index (χ2v) is 3.38. The topological polar surface area (TPSA) is 55.0 Å². The van der Waals surface area contributed by atoms with Crippen LogP contribution in [-0.2, 0) is 18.0 Å². The second kappa shape index (κ2) is 5.23. The van der Waals surface area contributed by atoms with Crippen LogP contribution in [-0.4, -0.2) is 9.97 Å². The van der Waals surface area contributed by atoms with E-state index in [1.165, 1.54) is 12.4 Å². The number of hydrogen-bond donors (Lipinski definition) is 1. The van der Waals surface area contributed by atoms with Gasteiger partial charge in [0.25, 0.3) is 5.56 Å². The highest BCUT2D eigenvalue weighted by Crippen LogP contribution is 2.02. The number of nitrogens with one attached hydrogen (secondary N) is 1. The van der Waals surface area contributed by atoms with Gasteiger partial charge in [0, 0.05) is 6.07 Å². The maximum atomic E-state index is 11.0. The van der Waals surface area contributed by atoms with Gasteiger partial charge in [-0.2, -0.15) is 0 Å². The van der Waals surface area contributed by atoms with E-state index in [0.717, 1.165) is 5.56 Å². The summed E-state index contributed by atoms with van der Waals surface area (Å²) in [6.07, 6.45) is 1.38. The Balaban J connectivity index is 1.87. The number of H-pyrrole nitrogens is 1. The molecule has 4 heteroatoms. The van der Waals surface area contributed by atoms with Crippen LogP contribution in [0.15, 0.2) is 47.5 Å². The molecule has 16 heavy (non-hydrogen) atoms. The van der Waals surface area contributed by atoms with Crippen LogP contribution in [0.4, 0.5) is 0 Å². The number of benzene rings is 1. The summed E-state index contributed by atoms with van der Waals surface area (Å²) in [5.41, 5.74) is 1.58. The lowest BCUT2D eigenvalue weighted by Gasteiger charge is -2.03. The van der Waals surface area contributed by atoms with Gasteiger partial charge in [0.05, 0.1) is 25.2 Å². The van der Waals surface area contributed by atoms with Crippen molar-refractivity contribution in [2.75, 3.05) is 0 Å². The van der Waals surface area contributed by atoms with Crippen LogP contribution in [0.25, 0.3) is 0 Å². The van der Waals surface area contributed by atoms with Gasteiger partial charge in [-0.15, -0.1) is 0 Å². The first-order valence-electron chi connectivity index (χ1n) is 5.00. The lowest BCUT2D eigenvalue weighted by Crippen LogP contribution is -2.07. The molecule has 0 bridgehead atoms. The molecule has 82 valence electrons. The molecule has 1 aromatic heterocycles. The number of aromatic nitrogens is 2. The van der Waals surface area contributed by atoms with Gasteiger partial charge in [-0.1, -0.05) is 30.3 Å². The zero-order chi connectivity index (χ0) is 11.2. The van der Waals surface area contributed by atoms with Crippen LogP contribution in [0.3, 0.4) is 0 Å². The SMILES string of the molecule is O=c1cc(COCc2ccccc2)nc[nH]1. The second-order valence-electron chi connectivity index (χ2n) is 3.38. The standard InChI is InChI=1S/C12H12N2O2/c15-12-6-11(13-9-14-12)8-16-7-10-4-2-1-3-5-10/h1-6,9H,7-8H2,(H,13,14,15). The fraction of sp³-hybridized carbons (Fsp3) is 0.167. The van der Waals surface area contributed by atoms with E-state index >= 15 is 0 Å². The Bertz CT molecular complexity index is 494. The molecule has 0 saturated heterocycles. The molecule has 0 aliphatic rings. The van der Waals surface area contributed by atoms with Crippen LogP contribution in [0.2, 0.25) is 0 Å². The highest BCUT2D eigenvalue weighted by atomic mass is 16.5. The minimum absolute atomic E-state index is 0.159. The van der Waals surface area contributed by atoms with E-state index in [1.54, 1.807) is 0 Å². The van der Waals surface area contributed by atoms with Crippen LogP contribution >= 0.6 is 0 Å². The van der Waals surface area contributed by atoms with Crippen molar-refractivity contribution in [3.63, 3.8) is 0 Å². The minimum Gasteiger partial charge on any atom is -0.370 e. The lowest BCUT2D eigenvalue weighted by atomic mass is 10.2. The Morgan fingerprint density at radius 2 is 2.00 bits per heavy atom. The number of aromatic amines is 1. The summed E-state index contributed by atoms with van der Waals surface area (Å²) >= 11 is 0. The molecule has 0 aliphatic heterocycles. The third kappa shape index (κ3) is 3.03. The van der Waals surface area contributed by atoms with Gasteiger partial charge in [0.1, 0.15) is 0 Å². The van der Waals surface area contributed by atoms with Crippen LogP contribution in [0.5, 0.6) is 0 Å². The summed E-state index contributed by atoms with van der Waals surface area (Å²) in [4.78, 5) is 17.4. The minimum atomic E-state index is -0.159. The van der Waals surface area contributed by atoms with E-state index in [-0.39, 0.29) is 5.56 Å². The molecule has 1 aromatic carbocycles. The first-order chi connectivity index (χ1) is 7.84. The van der Waals surface area contributed by atoms with Crippen molar-refractivity contribution < 1.29 is 4.74 Å². The smallest absolute Gasteiger partial charge is 0.250 e. The highest BCUT2D eigenvalue weighted by Gasteiger charge is 1.96. The largest absolute Gasteiger partial charge is 0.370 e. The third-order valence-corrected chi connectivity index (χ3v) is 2.10. The van der Waals surface area contributed by atoms with Crippen molar-refractivity contribution in [2.24, 2.45) is 0 Å². The van der Waals surface area contributed by atoms with E-state index in [1.807, 2.05) is 30.3 Å². The quantitative estimate of drug-likeness (QED) is 0.842. The molecule has 0 atom stereocenters. The molecular weight excluding hydrogens is 204 g/mol. The van der Waals surface area contributed by atoms with Gasteiger partial charge in [-0.25, -0.2) is 4.98 Å². The Hall–Kier alpha value is -1.94. The van der Waals surface area contributed by atoms with Gasteiger partial charge in [-0.3, -0.25) is 4.79 Å². The Kier molecular flexibility index (Phi) is 3.46. The molecule has 2 rings (SSSR count). The molecule has 1 N–H and O–H groups in total. The van der Waals surface area contributed by atoms with E-state index < -0.39 is 0 Å². The zero-order valence-electron chi connectivity index (χ0n) is 8.72. The normalized spacial score (nSPS) is 10.2. The predicted molar refractivity (Wildman–Crippen MR) is 59.8 cm³/mol. The Morgan fingerprint density at radius 1 is 1.19 bits per heavy atom. The van der Waals surface area contributed by atoms with Crippen molar-refractivity contribution in [3.8, 4) is 0 Å². The maximum absolute atomic E-state index is 11.0. The Labute approximate surface area is 92.9 Å². The third-order valence-electron chi connectivity index (χ3n) is 2.10. The first-order valence-corrected chi connectivity index (χ1v) is 5.00. The highest BCUT2D eigenvalue weighted by molar-refractivity contribution is 5.13. The predicted octanol–water partition coefficient (Wildman–Crippen LogP) is 1.49. The molecule has 2 aromatic rings. The molecule has 0 aliphatic carbocycles. The molecule has 4 nitrogen and oxygen atoms in total. The average Bonchev–Trinajstić information content (AvgIpc) is 2.30. The summed E-state index contributed by atoms with van der Waals surface area (Å²) in [5.74, 6) is 0. The van der Waals surface area contributed by atoms with Crippen LogP contribution < -0.4 is 5.56 Å². The molecule has 0 spiro atoms. The number of rotatable bonds is 4.